The number of ether oxygens (including phenoxy) is 2. The Morgan fingerprint density at radius 1 is 1.21 bits per heavy atom. The van der Waals surface area contributed by atoms with E-state index in [9.17, 15) is 5.11 Å². The SMILES string of the molecule is C=CC(OCC(O)(C=C)C=C)c1ccc(OC)cc1. The van der Waals surface area contributed by atoms with Crippen LogP contribution in [0.5, 0.6) is 5.75 Å². The van der Waals surface area contributed by atoms with E-state index in [2.05, 4.69) is 19.7 Å². The third-order valence-corrected chi connectivity index (χ3v) is 2.86. The predicted octanol–water partition coefficient (Wildman–Crippen LogP) is 3.04. The van der Waals surface area contributed by atoms with Crippen LogP contribution in [0.4, 0.5) is 0 Å². The maximum atomic E-state index is 9.99. The highest BCUT2D eigenvalue weighted by Crippen LogP contribution is 2.23. The summed E-state index contributed by atoms with van der Waals surface area (Å²) in [6.07, 6.45) is 4.16. The number of hydrogen-bond acceptors (Lipinski definition) is 3. The zero-order valence-corrected chi connectivity index (χ0v) is 11.2. The monoisotopic (exact) mass is 260 g/mol. The molecule has 19 heavy (non-hydrogen) atoms. The van der Waals surface area contributed by atoms with Gasteiger partial charge in [0.15, 0.2) is 0 Å². The molecule has 0 spiro atoms. The zero-order chi connectivity index (χ0) is 14.3. The van der Waals surface area contributed by atoms with Gasteiger partial charge in [0.2, 0.25) is 0 Å². The number of rotatable bonds is 8. The van der Waals surface area contributed by atoms with Gasteiger partial charge in [-0.25, -0.2) is 0 Å². The molecule has 0 bridgehead atoms. The topological polar surface area (TPSA) is 38.7 Å². The van der Waals surface area contributed by atoms with E-state index in [1.807, 2.05) is 24.3 Å². The van der Waals surface area contributed by atoms with Crippen molar-refractivity contribution in [1.29, 1.82) is 0 Å². The lowest BCUT2D eigenvalue weighted by molar-refractivity contribution is -0.00789. The lowest BCUT2D eigenvalue weighted by Crippen LogP contribution is -2.29. The molecule has 0 aliphatic carbocycles. The molecule has 0 aliphatic heterocycles. The normalized spacial score (nSPS) is 12.5. The molecule has 1 unspecified atom stereocenters. The molecule has 1 atom stereocenters. The van der Waals surface area contributed by atoms with Crippen LogP contribution in [0.15, 0.2) is 62.2 Å². The molecule has 1 rings (SSSR count). The van der Waals surface area contributed by atoms with Crippen LogP contribution in [-0.4, -0.2) is 24.4 Å². The fourth-order valence-corrected chi connectivity index (χ4v) is 1.52. The number of benzene rings is 1. The largest absolute Gasteiger partial charge is 0.497 e. The summed E-state index contributed by atoms with van der Waals surface area (Å²) < 4.78 is 10.7. The van der Waals surface area contributed by atoms with Crippen LogP contribution in [0.2, 0.25) is 0 Å². The molecule has 0 aliphatic rings. The molecule has 0 radical (unpaired) electrons. The van der Waals surface area contributed by atoms with Crippen molar-refractivity contribution in [3.8, 4) is 5.75 Å². The summed E-state index contributed by atoms with van der Waals surface area (Å²) in [5.41, 5.74) is -0.292. The van der Waals surface area contributed by atoms with E-state index in [-0.39, 0.29) is 12.7 Å². The molecule has 0 heterocycles. The number of aliphatic hydroxyl groups is 1. The Labute approximate surface area is 114 Å². The van der Waals surface area contributed by atoms with Gasteiger partial charge in [0.1, 0.15) is 17.5 Å². The summed E-state index contributed by atoms with van der Waals surface area (Å²) in [6, 6.07) is 7.49. The van der Waals surface area contributed by atoms with E-state index in [0.29, 0.717) is 0 Å². The summed E-state index contributed by atoms with van der Waals surface area (Å²) in [7, 11) is 1.62. The molecule has 0 saturated heterocycles. The van der Waals surface area contributed by atoms with Gasteiger partial charge in [-0.15, -0.1) is 6.58 Å². The van der Waals surface area contributed by atoms with Gasteiger partial charge in [-0.3, -0.25) is 0 Å². The number of hydrogen-bond donors (Lipinski definition) is 1. The predicted molar refractivity (Wildman–Crippen MR) is 77.2 cm³/mol. The van der Waals surface area contributed by atoms with Crippen molar-refractivity contribution >= 4 is 0 Å². The summed E-state index contributed by atoms with van der Waals surface area (Å²) in [5, 5.41) is 9.99. The van der Waals surface area contributed by atoms with Crippen LogP contribution in [0.25, 0.3) is 0 Å². The average molecular weight is 260 g/mol. The molecule has 0 fully saturated rings. The third-order valence-electron chi connectivity index (χ3n) is 2.86. The number of methoxy groups -OCH3 is 1. The minimum atomic E-state index is -1.23. The van der Waals surface area contributed by atoms with Crippen molar-refractivity contribution < 1.29 is 14.6 Å². The second kappa shape index (κ2) is 6.92. The molecule has 0 aromatic heterocycles. The zero-order valence-electron chi connectivity index (χ0n) is 11.2. The maximum Gasteiger partial charge on any atom is 0.124 e. The highest BCUT2D eigenvalue weighted by Gasteiger charge is 2.20. The lowest BCUT2D eigenvalue weighted by Gasteiger charge is -2.23. The van der Waals surface area contributed by atoms with Crippen LogP contribution in [0, 0.1) is 0 Å². The molecule has 3 nitrogen and oxygen atoms in total. The van der Waals surface area contributed by atoms with E-state index >= 15 is 0 Å². The Hall–Kier alpha value is -1.84. The van der Waals surface area contributed by atoms with E-state index in [1.165, 1.54) is 12.2 Å². The molecule has 1 aromatic rings. The Morgan fingerprint density at radius 2 is 1.79 bits per heavy atom. The molecule has 0 saturated carbocycles. The Morgan fingerprint density at radius 3 is 2.21 bits per heavy atom. The van der Waals surface area contributed by atoms with E-state index in [0.717, 1.165) is 11.3 Å². The van der Waals surface area contributed by atoms with Crippen LogP contribution >= 0.6 is 0 Å². The van der Waals surface area contributed by atoms with Crippen molar-refractivity contribution in [3.63, 3.8) is 0 Å². The van der Waals surface area contributed by atoms with Gasteiger partial charge in [0, 0.05) is 0 Å². The van der Waals surface area contributed by atoms with Gasteiger partial charge in [0.25, 0.3) is 0 Å². The fraction of sp³-hybridized carbons (Fsp3) is 0.250. The summed E-state index contributed by atoms with van der Waals surface area (Å²) >= 11 is 0. The van der Waals surface area contributed by atoms with Gasteiger partial charge in [-0.2, -0.15) is 0 Å². The van der Waals surface area contributed by atoms with Gasteiger partial charge in [-0.1, -0.05) is 43.5 Å². The van der Waals surface area contributed by atoms with E-state index < -0.39 is 5.60 Å². The van der Waals surface area contributed by atoms with Crippen molar-refractivity contribution in [2.75, 3.05) is 13.7 Å². The second-order valence-electron chi connectivity index (χ2n) is 4.14. The molecular weight excluding hydrogens is 240 g/mol. The van der Waals surface area contributed by atoms with Crippen LogP contribution < -0.4 is 4.74 Å². The Bertz CT molecular complexity index is 426. The molecule has 1 N–H and O–H groups in total. The highest BCUT2D eigenvalue weighted by atomic mass is 16.5. The summed E-state index contributed by atoms with van der Waals surface area (Å²) in [4.78, 5) is 0. The molecule has 102 valence electrons. The van der Waals surface area contributed by atoms with Crippen molar-refractivity contribution in [1.82, 2.24) is 0 Å². The fourth-order valence-electron chi connectivity index (χ4n) is 1.52. The van der Waals surface area contributed by atoms with E-state index in [4.69, 9.17) is 9.47 Å². The first-order chi connectivity index (χ1) is 9.08. The second-order valence-corrected chi connectivity index (χ2v) is 4.14. The van der Waals surface area contributed by atoms with Gasteiger partial charge >= 0.3 is 0 Å². The van der Waals surface area contributed by atoms with Crippen LogP contribution in [0.1, 0.15) is 11.7 Å². The van der Waals surface area contributed by atoms with Gasteiger partial charge in [-0.05, 0) is 17.7 Å². The molecule has 0 amide bonds. The van der Waals surface area contributed by atoms with Crippen molar-refractivity contribution in [3.05, 3.63) is 67.8 Å². The first-order valence-corrected chi connectivity index (χ1v) is 5.96. The molecule has 1 aromatic carbocycles. The Kier molecular flexibility index (Phi) is 5.55. The minimum Gasteiger partial charge on any atom is -0.497 e. The molecule has 3 heteroatoms. The van der Waals surface area contributed by atoms with Crippen LogP contribution in [0.3, 0.4) is 0 Å². The van der Waals surface area contributed by atoms with Crippen molar-refractivity contribution in [2.24, 2.45) is 0 Å². The quantitative estimate of drug-likeness (QED) is 0.730. The highest BCUT2D eigenvalue weighted by molar-refractivity contribution is 5.30. The van der Waals surface area contributed by atoms with Crippen LogP contribution in [-0.2, 0) is 4.74 Å². The minimum absolute atomic E-state index is 0.0721. The first-order valence-electron chi connectivity index (χ1n) is 5.96. The average Bonchev–Trinajstić information content (AvgIpc) is 2.48. The Balaban J connectivity index is 2.75. The van der Waals surface area contributed by atoms with E-state index in [1.54, 1.807) is 13.2 Å². The third kappa shape index (κ3) is 4.09. The lowest BCUT2D eigenvalue weighted by atomic mass is 10.1. The first kappa shape index (κ1) is 15.2. The summed E-state index contributed by atoms with van der Waals surface area (Å²) in [6.45, 7) is 10.9. The van der Waals surface area contributed by atoms with Crippen molar-refractivity contribution in [2.45, 2.75) is 11.7 Å². The standard InChI is InChI=1S/C16H20O3/c1-5-15(19-12-16(17,6-2)7-3)13-8-10-14(18-4)11-9-13/h5-11,15,17H,1-3,12H2,4H3. The van der Waals surface area contributed by atoms with Gasteiger partial charge < -0.3 is 14.6 Å². The smallest absolute Gasteiger partial charge is 0.124 e. The maximum absolute atomic E-state index is 9.99. The summed E-state index contributed by atoms with van der Waals surface area (Å²) in [5.74, 6) is 0.778. The van der Waals surface area contributed by atoms with Gasteiger partial charge in [0.05, 0.1) is 13.7 Å². The molecular formula is C16H20O3.